The molecule has 0 spiro atoms. The van der Waals surface area contributed by atoms with Gasteiger partial charge in [0.15, 0.2) is 0 Å². The van der Waals surface area contributed by atoms with Crippen LogP contribution >= 0.6 is 0 Å². The Balaban J connectivity index is 1.49. The molecule has 4 rings (SSSR count). The molecule has 4 aromatic rings. The lowest BCUT2D eigenvalue weighted by molar-refractivity contribution is -0.117. The van der Waals surface area contributed by atoms with Crippen molar-refractivity contribution in [2.75, 3.05) is 6.54 Å². The van der Waals surface area contributed by atoms with E-state index in [1.165, 1.54) is 0 Å². The van der Waals surface area contributed by atoms with Crippen molar-refractivity contribution in [1.82, 2.24) is 15.3 Å². The number of aromatic amines is 2. The Hall–Kier alpha value is -3.78. The van der Waals surface area contributed by atoms with Crippen LogP contribution in [-0.4, -0.2) is 22.4 Å². The molecule has 2 aromatic carbocycles. The standard InChI is InChI=1S/C23H20N4O/c1-15-20(19-7-3-5-9-22(19)27-15)12-17(13-24)23(28)25-11-10-16-14-26-21-8-4-2-6-18(16)21/h2-9,12,14,26-27H,10-11H2,1H3,(H,25,28)/b17-12-. The Kier molecular flexibility index (Phi) is 4.69. The predicted octanol–water partition coefficient (Wildman–Crippen LogP) is 4.22. The molecule has 28 heavy (non-hydrogen) atoms. The van der Waals surface area contributed by atoms with Crippen molar-refractivity contribution in [3.05, 3.63) is 77.1 Å². The molecule has 138 valence electrons. The number of fused-ring (bicyclic) bond motifs is 2. The highest BCUT2D eigenvalue weighted by atomic mass is 16.1. The molecular formula is C23H20N4O. The topological polar surface area (TPSA) is 84.5 Å². The highest BCUT2D eigenvalue weighted by Crippen LogP contribution is 2.24. The van der Waals surface area contributed by atoms with Crippen LogP contribution in [0.2, 0.25) is 0 Å². The largest absolute Gasteiger partial charge is 0.361 e. The number of aryl methyl sites for hydroxylation is 1. The highest BCUT2D eigenvalue weighted by Gasteiger charge is 2.13. The van der Waals surface area contributed by atoms with Gasteiger partial charge >= 0.3 is 0 Å². The second-order valence-corrected chi connectivity index (χ2v) is 6.74. The van der Waals surface area contributed by atoms with Crippen LogP contribution in [0, 0.1) is 18.3 Å². The maximum Gasteiger partial charge on any atom is 0.261 e. The summed E-state index contributed by atoms with van der Waals surface area (Å²) in [5.41, 5.74) is 5.12. The van der Waals surface area contributed by atoms with Crippen molar-refractivity contribution in [1.29, 1.82) is 5.26 Å². The Bertz CT molecular complexity index is 1240. The highest BCUT2D eigenvalue weighted by molar-refractivity contribution is 6.04. The van der Waals surface area contributed by atoms with Crippen LogP contribution in [-0.2, 0) is 11.2 Å². The number of nitrogens with zero attached hydrogens (tertiary/aromatic N) is 1. The third-order valence-corrected chi connectivity index (χ3v) is 4.95. The summed E-state index contributed by atoms with van der Waals surface area (Å²) in [5.74, 6) is -0.355. The van der Waals surface area contributed by atoms with Gasteiger partial charge in [-0.1, -0.05) is 36.4 Å². The van der Waals surface area contributed by atoms with Gasteiger partial charge in [-0.2, -0.15) is 5.26 Å². The number of carbonyl (C=O) groups is 1. The van der Waals surface area contributed by atoms with E-state index >= 15 is 0 Å². The van der Waals surface area contributed by atoms with Crippen molar-refractivity contribution in [3.8, 4) is 6.07 Å². The van der Waals surface area contributed by atoms with Gasteiger partial charge in [-0.25, -0.2) is 0 Å². The molecule has 1 amide bonds. The number of amides is 1. The number of hydrogen-bond acceptors (Lipinski definition) is 2. The Morgan fingerprint density at radius 3 is 2.61 bits per heavy atom. The molecule has 0 fully saturated rings. The number of aromatic nitrogens is 2. The molecule has 3 N–H and O–H groups in total. The van der Waals surface area contributed by atoms with Crippen LogP contribution in [0.15, 0.2) is 60.3 Å². The van der Waals surface area contributed by atoms with Crippen LogP contribution < -0.4 is 5.32 Å². The average molecular weight is 368 g/mol. The minimum atomic E-state index is -0.355. The van der Waals surface area contributed by atoms with Crippen LogP contribution in [0.25, 0.3) is 27.9 Å². The van der Waals surface area contributed by atoms with Crippen molar-refractivity contribution >= 4 is 33.8 Å². The fraction of sp³-hybridized carbons (Fsp3) is 0.130. The van der Waals surface area contributed by atoms with Gasteiger partial charge in [0, 0.05) is 45.8 Å². The van der Waals surface area contributed by atoms with Crippen molar-refractivity contribution in [2.24, 2.45) is 0 Å². The first-order valence-corrected chi connectivity index (χ1v) is 9.19. The molecule has 0 saturated carbocycles. The summed E-state index contributed by atoms with van der Waals surface area (Å²) in [7, 11) is 0. The number of nitrogens with one attached hydrogen (secondary N) is 3. The summed E-state index contributed by atoms with van der Waals surface area (Å²) in [5, 5.41) is 14.5. The summed E-state index contributed by atoms with van der Waals surface area (Å²) >= 11 is 0. The molecule has 0 atom stereocenters. The quantitative estimate of drug-likeness (QED) is 0.364. The first-order chi connectivity index (χ1) is 13.7. The molecule has 0 aliphatic rings. The molecule has 2 aromatic heterocycles. The van der Waals surface area contributed by atoms with Gasteiger partial charge in [-0.05, 0) is 37.1 Å². The number of carbonyl (C=O) groups excluding carboxylic acids is 1. The van der Waals surface area contributed by atoms with Gasteiger partial charge < -0.3 is 15.3 Å². The van der Waals surface area contributed by atoms with Gasteiger partial charge in [0.05, 0.1) is 0 Å². The van der Waals surface area contributed by atoms with Gasteiger partial charge in [-0.15, -0.1) is 0 Å². The molecule has 0 saturated heterocycles. The molecule has 0 aliphatic heterocycles. The fourth-order valence-corrected chi connectivity index (χ4v) is 3.52. The minimum Gasteiger partial charge on any atom is -0.361 e. The summed E-state index contributed by atoms with van der Waals surface area (Å²) in [6.45, 7) is 2.41. The lowest BCUT2D eigenvalue weighted by Gasteiger charge is -2.04. The SMILES string of the molecule is Cc1[nH]c2ccccc2c1/C=C(/C#N)C(=O)NCCc1c[nH]c2ccccc12. The Labute approximate surface area is 162 Å². The average Bonchev–Trinajstić information content (AvgIpc) is 3.26. The molecule has 0 radical (unpaired) electrons. The second kappa shape index (κ2) is 7.45. The van der Waals surface area contributed by atoms with E-state index in [0.29, 0.717) is 13.0 Å². The number of hydrogen-bond donors (Lipinski definition) is 3. The van der Waals surface area contributed by atoms with E-state index < -0.39 is 0 Å². The number of para-hydroxylation sites is 2. The second-order valence-electron chi connectivity index (χ2n) is 6.74. The lowest BCUT2D eigenvalue weighted by Crippen LogP contribution is -2.26. The van der Waals surface area contributed by atoms with E-state index in [9.17, 15) is 10.1 Å². The number of rotatable bonds is 5. The third-order valence-electron chi connectivity index (χ3n) is 4.95. The predicted molar refractivity (Wildman–Crippen MR) is 112 cm³/mol. The molecular weight excluding hydrogens is 348 g/mol. The summed E-state index contributed by atoms with van der Waals surface area (Å²) < 4.78 is 0. The van der Waals surface area contributed by atoms with Crippen LogP contribution in [0.1, 0.15) is 16.8 Å². The zero-order valence-electron chi connectivity index (χ0n) is 15.5. The smallest absolute Gasteiger partial charge is 0.261 e. The monoisotopic (exact) mass is 368 g/mol. The van der Waals surface area contributed by atoms with Gasteiger partial charge in [0.1, 0.15) is 11.6 Å². The molecule has 0 unspecified atom stereocenters. The first kappa shape index (κ1) is 17.6. The van der Waals surface area contributed by atoms with E-state index in [4.69, 9.17) is 0 Å². The van der Waals surface area contributed by atoms with Crippen LogP contribution in [0.4, 0.5) is 0 Å². The maximum absolute atomic E-state index is 12.5. The van der Waals surface area contributed by atoms with E-state index in [-0.39, 0.29) is 11.5 Å². The van der Waals surface area contributed by atoms with Crippen molar-refractivity contribution in [3.63, 3.8) is 0 Å². The molecule has 2 heterocycles. The minimum absolute atomic E-state index is 0.103. The zero-order valence-corrected chi connectivity index (χ0v) is 15.5. The maximum atomic E-state index is 12.5. The van der Waals surface area contributed by atoms with Gasteiger partial charge in [-0.3, -0.25) is 4.79 Å². The summed E-state index contributed by atoms with van der Waals surface area (Å²) in [6.07, 6.45) is 4.32. The van der Waals surface area contributed by atoms with E-state index in [2.05, 4.69) is 21.4 Å². The molecule has 5 nitrogen and oxygen atoms in total. The lowest BCUT2D eigenvalue weighted by atomic mass is 10.1. The van der Waals surface area contributed by atoms with E-state index in [0.717, 1.165) is 38.6 Å². The van der Waals surface area contributed by atoms with Crippen LogP contribution in [0.5, 0.6) is 0 Å². The van der Waals surface area contributed by atoms with E-state index in [1.807, 2.05) is 61.7 Å². The number of nitriles is 1. The summed E-state index contributed by atoms with van der Waals surface area (Å²) in [6, 6.07) is 18.0. The first-order valence-electron chi connectivity index (χ1n) is 9.19. The van der Waals surface area contributed by atoms with E-state index in [1.54, 1.807) is 6.08 Å². The molecule has 0 aliphatic carbocycles. The number of benzene rings is 2. The molecule has 0 bridgehead atoms. The Morgan fingerprint density at radius 1 is 1.11 bits per heavy atom. The van der Waals surface area contributed by atoms with Gasteiger partial charge in [0.25, 0.3) is 5.91 Å². The Morgan fingerprint density at radius 2 is 1.82 bits per heavy atom. The molecule has 5 heteroatoms. The summed E-state index contributed by atoms with van der Waals surface area (Å²) in [4.78, 5) is 19.0. The van der Waals surface area contributed by atoms with Gasteiger partial charge in [0.2, 0.25) is 0 Å². The van der Waals surface area contributed by atoms with Crippen LogP contribution in [0.3, 0.4) is 0 Å². The fourth-order valence-electron chi connectivity index (χ4n) is 3.52. The number of H-pyrrole nitrogens is 2. The van der Waals surface area contributed by atoms with Crippen molar-refractivity contribution < 1.29 is 4.79 Å². The van der Waals surface area contributed by atoms with Crippen molar-refractivity contribution in [2.45, 2.75) is 13.3 Å². The normalized spacial score (nSPS) is 11.6. The third kappa shape index (κ3) is 3.28. The zero-order chi connectivity index (χ0) is 19.5.